The van der Waals surface area contributed by atoms with Crippen LogP contribution in [-0.2, 0) is 4.79 Å². The zero-order valence-corrected chi connectivity index (χ0v) is 7.63. The van der Waals surface area contributed by atoms with E-state index in [9.17, 15) is 4.79 Å². The highest BCUT2D eigenvalue weighted by molar-refractivity contribution is 6.01. The summed E-state index contributed by atoms with van der Waals surface area (Å²) in [5.41, 5.74) is 2.16. The van der Waals surface area contributed by atoms with Crippen LogP contribution in [0.1, 0.15) is 20.3 Å². The van der Waals surface area contributed by atoms with Gasteiger partial charge >= 0.3 is 0 Å². The van der Waals surface area contributed by atoms with Gasteiger partial charge in [-0.3, -0.25) is 4.79 Å². The number of carbonyl (C=O) groups excluding carboxylic acids is 1. The van der Waals surface area contributed by atoms with Crippen LogP contribution in [0.5, 0.6) is 0 Å². The Morgan fingerprint density at radius 1 is 1.67 bits per heavy atom. The fourth-order valence-electron chi connectivity index (χ4n) is 1.30. The molecule has 0 N–H and O–H groups in total. The lowest BCUT2D eigenvalue weighted by Crippen LogP contribution is -2.06. The average Bonchev–Trinajstić information content (AvgIpc) is 2.08. The van der Waals surface area contributed by atoms with Gasteiger partial charge in [-0.25, -0.2) is 0 Å². The monoisotopic (exact) mass is 162 g/mol. The summed E-state index contributed by atoms with van der Waals surface area (Å²) in [6.45, 7) is 8.06. The Hall–Kier alpha value is -1.11. The first-order chi connectivity index (χ1) is 5.65. The molecule has 0 spiro atoms. The van der Waals surface area contributed by atoms with E-state index in [4.69, 9.17) is 0 Å². The van der Waals surface area contributed by atoms with Gasteiger partial charge in [0.25, 0.3) is 0 Å². The molecule has 1 nitrogen and oxygen atoms in total. The number of ketones is 1. The van der Waals surface area contributed by atoms with E-state index >= 15 is 0 Å². The van der Waals surface area contributed by atoms with Crippen LogP contribution in [0.4, 0.5) is 0 Å². The van der Waals surface area contributed by atoms with Crippen molar-refractivity contribution in [2.75, 3.05) is 0 Å². The van der Waals surface area contributed by atoms with Crippen molar-refractivity contribution in [2.24, 2.45) is 5.92 Å². The number of allylic oxidation sites excluding steroid dienone is 5. The second kappa shape index (κ2) is 3.53. The minimum atomic E-state index is 0.0812. The van der Waals surface area contributed by atoms with Crippen molar-refractivity contribution >= 4 is 5.78 Å². The summed E-state index contributed by atoms with van der Waals surface area (Å²) < 4.78 is 0. The van der Waals surface area contributed by atoms with Crippen LogP contribution in [0.15, 0.2) is 36.0 Å². The molecular weight excluding hydrogens is 148 g/mol. The number of hydrogen-bond acceptors (Lipinski definition) is 1. The minimum Gasteiger partial charge on any atom is -0.290 e. The molecule has 0 fully saturated rings. The Labute approximate surface area is 73.5 Å². The molecule has 1 aliphatic rings. The van der Waals surface area contributed by atoms with Gasteiger partial charge < -0.3 is 0 Å². The van der Waals surface area contributed by atoms with Gasteiger partial charge in [0.2, 0.25) is 0 Å². The maximum Gasteiger partial charge on any atom is 0.178 e. The fourth-order valence-corrected chi connectivity index (χ4v) is 1.30. The third-order valence-corrected chi connectivity index (χ3v) is 2.17. The Kier molecular flexibility index (Phi) is 2.64. The molecule has 12 heavy (non-hydrogen) atoms. The van der Waals surface area contributed by atoms with Gasteiger partial charge in [0.1, 0.15) is 0 Å². The van der Waals surface area contributed by atoms with Crippen LogP contribution >= 0.6 is 0 Å². The van der Waals surface area contributed by atoms with Gasteiger partial charge in [0.05, 0.1) is 0 Å². The summed E-state index contributed by atoms with van der Waals surface area (Å²) >= 11 is 0. The molecule has 1 aliphatic carbocycles. The molecule has 0 amide bonds. The topological polar surface area (TPSA) is 17.1 Å². The maximum absolute atomic E-state index is 11.0. The zero-order chi connectivity index (χ0) is 9.14. The van der Waals surface area contributed by atoms with Gasteiger partial charge in [-0.2, -0.15) is 0 Å². The normalized spacial score (nSPS) is 22.3. The average molecular weight is 162 g/mol. The Bertz CT molecular complexity index is 269. The maximum atomic E-state index is 11.0. The molecule has 0 aromatic rings. The van der Waals surface area contributed by atoms with Gasteiger partial charge in [0.15, 0.2) is 5.78 Å². The molecule has 0 saturated carbocycles. The van der Waals surface area contributed by atoms with Crippen molar-refractivity contribution in [2.45, 2.75) is 20.3 Å². The van der Waals surface area contributed by atoms with Crippen molar-refractivity contribution in [3.8, 4) is 0 Å². The largest absolute Gasteiger partial charge is 0.290 e. The summed E-state index contributed by atoms with van der Waals surface area (Å²) in [4.78, 5) is 11.0. The molecule has 1 heteroatoms. The van der Waals surface area contributed by atoms with Crippen molar-refractivity contribution < 1.29 is 4.79 Å². The molecule has 0 saturated heterocycles. The summed E-state index contributed by atoms with van der Waals surface area (Å²) in [7, 11) is 0. The van der Waals surface area contributed by atoms with Crippen molar-refractivity contribution in [3.63, 3.8) is 0 Å². The van der Waals surface area contributed by atoms with Crippen LogP contribution in [0.25, 0.3) is 0 Å². The predicted molar refractivity (Wildman–Crippen MR) is 50.8 cm³/mol. The van der Waals surface area contributed by atoms with E-state index in [1.54, 1.807) is 12.2 Å². The molecular formula is C11H14O. The Balaban J connectivity index is 2.88. The van der Waals surface area contributed by atoms with Gasteiger partial charge in [-0.15, -0.1) is 0 Å². The van der Waals surface area contributed by atoms with Crippen LogP contribution in [0, 0.1) is 5.92 Å². The van der Waals surface area contributed by atoms with Crippen LogP contribution in [0.2, 0.25) is 0 Å². The fraction of sp³-hybridized carbons (Fsp3) is 0.364. The third-order valence-electron chi connectivity index (χ3n) is 2.17. The lowest BCUT2D eigenvalue weighted by molar-refractivity contribution is -0.110. The molecule has 1 rings (SSSR count). The standard InChI is InChI=1S/C11H14O/c1-4-8(2)11-7-10(12)6-5-9(11)3/h5-7,9H,2,4H2,1,3H3. The minimum absolute atomic E-state index is 0.0812. The van der Waals surface area contributed by atoms with Crippen molar-refractivity contribution in [3.05, 3.63) is 36.0 Å². The summed E-state index contributed by atoms with van der Waals surface area (Å²) in [6.07, 6.45) is 6.16. The second-order valence-electron chi connectivity index (χ2n) is 3.11. The van der Waals surface area contributed by atoms with Crippen LogP contribution in [-0.4, -0.2) is 5.78 Å². The highest BCUT2D eigenvalue weighted by Crippen LogP contribution is 2.24. The van der Waals surface area contributed by atoms with Crippen molar-refractivity contribution in [1.82, 2.24) is 0 Å². The number of rotatable bonds is 2. The van der Waals surface area contributed by atoms with E-state index < -0.39 is 0 Å². The lowest BCUT2D eigenvalue weighted by Gasteiger charge is -2.16. The first kappa shape index (κ1) is 8.98. The Morgan fingerprint density at radius 2 is 2.33 bits per heavy atom. The number of carbonyl (C=O) groups is 1. The summed E-state index contributed by atoms with van der Waals surface area (Å²) in [5.74, 6) is 0.424. The second-order valence-corrected chi connectivity index (χ2v) is 3.11. The molecule has 0 aromatic heterocycles. The molecule has 1 unspecified atom stereocenters. The first-order valence-corrected chi connectivity index (χ1v) is 4.27. The molecule has 64 valence electrons. The highest BCUT2D eigenvalue weighted by Gasteiger charge is 2.13. The van der Waals surface area contributed by atoms with Crippen molar-refractivity contribution in [1.29, 1.82) is 0 Å². The highest BCUT2D eigenvalue weighted by atomic mass is 16.1. The Morgan fingerprint density at radius 3 is 2.92 bits per heavy atom. The first-order valence-electron chi connectivity index (χ1n) is 4.27. The van der Waals surface area contributed by atoms with E-state index in [0.29, 0.717) is 5.92 Å². The number of hydrogen-bond donors (Lipinski definition) is 0. The van der Waals surface area contributed by atoms with E-state index in [0.717, 1.165) is 17.6 Å². The SMILES string of the molecule is C=C(CC)C1=CC(=O)C=CC1C. The molecule has 0 aliphatic heterocycles. The van der Waals surface area contributed by atoms with E-state index in [2.05, 4.69) is 20.4 Å². The van der Waals surface area contributed by atoms with Gasteiger partial charge in [-0.05, 0) is 30.1 Å². The molecule has 0 aromatic carbocycles. The quantitative estimate of drug-likeness (QED) is 0.610. The van der Waals surface area contributed by atoms with Crippen LogP contribution in [0.3, 0.4) is 0 Å². The molecule has 0 radical (unpaired) electrons. The van der Waals surface area contributed by atoms with E-state index in [-0.39, 0.29) is 5.78 Å². The molecule has 0 heterocycles. The van der Waals surface area contributed by atoms with Gasteiger partial charge in [-0.1, -0.05) is 32.1 Å². The lowest BCUT2D eigenvalue weighted by atomic mass is 9.88. The molecule has 0 bridgehead atoms. The smallest absolute Gasteiger partial charge is 0.178 e. The zero-order valence-electron chi connectivity index (χ0n) is 7.63. The summed E-state index contributed by atoms with van der Waals surface area (Å²) in [5, 5.41) is 0. The van der Waals surface area contributed by atoms with Crippen LogP contribution < -0.4 is 0 Å². The molecule has 1 atom stereocenters. The predicted octanol–water partition coefficient (Wildman–Crippen LogP) is 2.65. The van der Waals surface area contributed by atoms with E-state index in [1.807, 2.05) is 6.08 Å². The van der Waals surface area contributed by atoms with Gasteiger partial charge in [0, 0.05) is 0 Å². The third kappa shape index (κ3) is 1.73. The summed E-state index contributed by atoms with van der Waals surface area (Å²) in [6, 6.07) is 0. The van der Waals surface area contributed by atoms with E-state index in [1.165, 1.54) is 0 Å².